The average molecular weight is 388 g/mol. The van der Waals surface area contributed by atoms with Crippen LogP contribution in [0.3, 0.4) is 0 Å². The molecule has 1 N–H and O–H groups in total. The van der Waals surface area contributed by atoms with Crippen molar-refractivity contribution in [1.29, 1.82) is 0 Å². The van der Waals surface area contributed by atoms with Crippen LogP contribution in [0.5, 0.6) is 11.5 Å². The maximum Gasteiger partial charge on any atom is 0.193 e. The minimum atomic E-state index is 0.684. The highest BCUT2D eigenvalue weighted by atomic mass is 16.5. The number of benzene rings is 1. The number of methoxy groups -OCH3 is 2. The molecule has 0 fully saturated rings. The molecular weight excluding hydrogens is 354 g/mol. The van der Waals surface area contributed by atoms with Gasteiger partial charge in [-0.3, -0.25) is 9.67 Å². The summed E-state index contributed by atoms with van der Waals surface area (Å²) in [5.41, 5.74) is 4.64. The standard InChI is InChI=1S/C21H33N5O2/c1-8-22-21(23-12-11-19-15(2)24-26(5)16(19)3)25(4)14-17-9-10-18(27-6)13-20(17)28-7/h9-10,13H,8,11-12,14H2,1-7H3,(H,22,23). The third-order valence-corrected chi connectivity index (χ3v) is 4.88. The smallest absolute Gasteiger partial charge is 0.193 e. The van der Waals surface area contributed by atoms with E-state index >= 15 is 0 Å². The molecule has 0 radical (unpaired) electrons. The Bertz CT molecular complexity index is 813. The Morgan fingerprint density at radius 3 is 2.57 bits per heavy atom. The number of hydrogen-bond acceptors (Lipinski definition) is 4. The van der Waals surface area contributed by atoms with Crippen LogP contribution < -0.4 is 14.8 Å². The van der Waals surface area contributed by atoms with E-state index in [4.69, 9.17) is 14.5 Å². The molecule has 0 aliphatic rings. The first-order valence-corrected chi connectivity index (χ1v) is 9.60. The average Bonchev–Trinajstić information content (AvgIpc) is 2.93. The fourth-order valence-corrected chi connectivity index (χ4v) is 3.24. The number of aliphatic imine (C=N–C) groups is 1. The largest absolute Gasteiger partial charge is 0.497 e. The maximum absolute atomic E-state index is 5.52. The predicted molar refractivity (Wildman–Crippen MR) is 113 cm³/mol. The van der Waals surface area contributed by atoms with Crippen LogP contribution in [0.25, 0.3) is 0 Å². The van der Waals surface area contributed by atoms with Crippen LogP contribution in [0.15, 0.2) is 23.2 Å². The van der Waals surface area contributed by atoms with Gasteiger partial charge in [-0.2, -0.15) is 5.10 Å². The first-order chi connectivity index (χ1) is 13.4. The van der Waals surface area contributed by atoms with Crippen molar-refractivity contribution >= 4 is 5.96 Å². The second-order valence-corrected chi connectivity index (χ2v) is 6.79. The molecule has 28 heavy (non-hydrogen) atoms. The molecule has 0 aliphatic heterocycles. The van der Waals surface area contributed by atoms with Crippen molar-refractivity contribution in [3.8, 4) is 11.5 Å². The fraction of sp³-hybridized carbons (Fsp3) is 0.524. The molecule has 0 spiro atoms. The second kappa shape index (κ2) is 10.0. The van der Waals surface area contributed by atoms with E-state index in [9.17, 15) is 0 Å². The molecule has 2 aromatic rings. The van der Waals surface area contributed by atoms with Crippen LogP contribution in [0.4, 0.5) is 0 Å². The number of rotatable bonds is 8. The Morgan fingerprint density at radius 2 is 2.00 bits per heavy atom. The van der Waals surface area contributed by atoms with Gasteiger partial charge in [0.25, 0.3) is 0 Å². The second-order valence-electron chi connectivity index (χ2n) is 6.79. The number of guanidine groups is 1. The SMILES string of the molecule is CCNC(=NCCc1c(C)nn(C)c1C)N(C)Cc1ccc(OC)cc1OC. The molecular formula is C21H33N5O2. The Morgan fingerprint density at radius 1 is 1.25 bits per heavy atom. The molecule has 7 heteroatoms. The monoisotopic (exact) mass is 387 g/mol. The third-order valence-electron chi connectivity index (χ3n) is 4.88. The van der Waals surface area contributed by atoms with Crippen LogP contribution in [0, 0.1) is 13.8 Å². The van der Waals surface area contributed by atoms with Gasteiger partial charge in [-0.05, 0) is 44.9 Å². The van der Waals surface area contributed by atoms with Crippen LogP contribution in [-0.4, -0.2) is 55.0 Å². The normalized spacial score (nSPS) is 11.5. The van der Waals surface area contributed by atoms with Gasteiger partial charge in [-0.25, -0.2) is 0 Å². The van der Waals surface area contributed by atoms with Crippen molar-refractivity contribution < 1.29 is 9.47 Å². The van der Waals surface area contributed by atoms with E-state index < -0.39 is 0 Å². The molecule has 0 saturated heterocycles. The molecule has 0 saturated carbocycles. The molecule has 2 rings (SSSR count). The number of aromatic nitrogens is 2. The van der Waals surface area contributed by atoms with Crippen LogP contribution in [0.1, 0.15) is 29.4 Å². The Hall–Kier alpha value is -2.70. The lowest BCUT2D eigenvalue weighted by atomic mass is 10.1. The summed E-state index contributed by atoms with van der Waals surface area (Å²) >= 11 is 0. The zero-order chi connectivity index (χ0) is 20.7. The fourth-order valence-electron chi connectivity index (χ4n) is 3.24. The van der Waals surface area contributed by atoms with Crippen molar-refractivity contribution in [2.45, 2.75) is 33.7 Å². The molecule has 154 valence electrons. The van der Waals surface area contributed by atoms with Gasteiger partial charge in [0.2, 0.25) is 0 Å². The van der Waals surface area contributed by atoms with Crippen molar-refractivity contribution in [3.63, 3.8) is 0 Å². The lowest BCUT2D eigenvalue weighted by Crippen LogP contribution is -2.38. The molecule has 0 aliphatic carbocycles. The predicted octanol–water partition coefficient (Wildman–Crippen LogP) is 2.69. The van der Waals surface area contributed by atoms with Gasteiger partial charge in [0.05, 0.1) is 19.9 Å². The van der Waals surface area contributed by atoms with Gasteiger partial charge in [0.15, 0.2) is 5.96 Å². The van der Waals surface area contributed by atoms with Crippen molar-refractivity contribution in [3.05, 3.63) is 40.7 Å². The minimum Gasteiger partial charge on any atom is -0.497 e. The molecule has 1 heterocycles. The number of hydrogen-bond donors (Lipinski definition) is 1. The van der Waals surface area contributed by atoms with Crippen LogP contribution in [0.2, 0.25) is 0 Å². The third kappa shape index (κ3) is 5.18. The summed E-state index contributed by atoms with van der Waals surface area (Å²) in [6.07, 6.45) is 0.875. The van der Waals surface area contributed by atoms with Gasteiger partial charge in [-0.1, -0.05) is 0 Å². The summed E-state index contributed by atoms with van der Waals surface area (Å²) in [6.45, 7) is 8.44. The Kier molecular flexibility index (Phi) is 7.72. The topological polar surface area (TPSA) is 63.9 Å². The van der Waals surface area contributed by atoms with E-state index in [0.717, 1.165) is 41.7 Å². The molecule has 0 amide bonds. The molecule has 1 aromatic heterocycles. The number of nitrogens with one attached hydrogen (secondary N) is 1. The van der Waals surface area contributed by atoms with Gasteiger partial charge in [0.1, 0.15) is 11.5 Å². The van der Waals surface area contributed by atoms with E-state index in [1.54, 1.807) is 14.2 Å². The Labute approximate surface area is 168 Å². The highest BCUT2D eigenvalue weighted by Crippen LogP contribution is 2.25. The first kappa shape index (κ1) is 21.6. The van der Waals surface area contributed by atoms with Gasteiger partial charge in [-0.15, -0.1) is 0 Å². The van der Waals surface area contributed by atoms with Gasteiger partial charge < -0.3 is 19.7 Å². The quantitative estimate of drug-likeness (QED) is 0.557. The summed E-state index contributed by atoms with van der Waals surface area (Å²) in [7, 11) is 7.35. The van der Waals surface area contributed by atoms with Crippen molar-refractivity contribution in [1.82, 2.24) is 20.0 Å². The number of ether oxygens (including phenoxy) is 2. The first-order valence-electron chi connectivity index (χ1n) is 9.60. The number of aryl methyl sites for hydroxylation is 2. The molecule has 0 unspecified atom stereocenters. The zero-order valence-corrected chi connectivity index (χ0v) is 18.2. The summed E-state index contributed by atoms with van der Waals surface area (Å²) in [4.78, 5) is 6.92. The van der Waals surface area contributed by atoms with Crippen molar-refractivity contribution in [2.24, 2.45) is 12.0 Å². The highest BCUT2D eigenvalue weighted by Gasteiger charge is 2.12. The molecule has 0 atom stereocenters. The lowest BCUT2D eigenvalue weighted by Gasteiger charge is -2.23. The summed E-state index contributed by atoms with van der Waals surface area (Å²) in [5.74, 6) is 2.47. The summed E-state index contributed by atoms with van der Waals surface area (Å²) < 4.78 is 12.7. The maximum atomic E-state index is 5.52. The lowest BCUT2D eigenvalue weighted by molar-refractivity contribution is 0.382. The summed E-state index contributed by atoms with van der Waals surface area (Å²) in [5, 5.41) is 7.86. The highest BCUT2D eigenvalue weighted by molar-refractivity contribution is 5.79. The Balaban J connectivity index is 2.10. The van der Waals surface area contributed by atoms with E-state index in [1.165, 1.54) is 11.3 Å². The summed E-state index contributed by atoms with van der Waals surface area (Å²) in [6, 6.07) is 5.88. The molecule has 0 bridgehead atoms. The molecule has 1 aromatic carbocycles. The zero-order valence-electron chi connectivity index (χ0n) is 18.2. The van der Waals surface area contributed by atoms with Crippen molar-refractivity contribution in [2.75, 3.05) is 34.4 Å². The van der Waals surface area contributed by atoms with Crippen LogP contribution in [-0.2, 0) is 20.0 Å². The van der Waals surface area contributed by atoms with E-state index in [2.05, 4.69) is 36.1 Å². The van der Waals surface area contributed by atoms with E-state index in [1.807, 2.05) is 37.0 Å². The van der Waals surface area contributed by atoms with Gasteiger partial charge in [0, 0.05) is 51.1 Å². The van der Waals surface area contributed by atoms with Gasteiger partial charge >= 0.3 is 0 Å². The molecule has 7 nitrogen and oxygen atoms in total. The van der Waals surface area contributed by atoms with E-state index in [0.29, 0.717) is 13.1 Å². The minimum absolute atomic E-state index is 0.684. The number of nitrogens with zero attached hydrogens (tertiary/aromatic N) is 4. The van der Waals surface area contributed by atoms with Crippen LogP contribution >= 0.6 is 0 Å². The van der Waals surface area contributed by atoms with E-state index in [-0.39, 0.29) is 0 Å².